The summed E-state index contributed by atoms with van der Waals surface area (Å²) in [6, 6.07) is 0. The molecule has 0 aliphatic carbocycles. The zero-order valence-electron chi connectivity index (χ0n) is 10.2. The second kappa shape index (κ2) is 5.69. The third-order valence-corrected chi connectivity index (χ3v) is 1.85. The van der Waals surface area contributed by atoms with Crippen molar-refractivity contribution in [3.8, 4) is 0 Å². The van der Waals surface area contributed by atoms with Gasteiger partial charge in [-0.05, 0) is 41.0 Å². The average molecular weight is 203 g/mol. The second-order valence-electron chi connectivity index (χ2n) is 5.11. The Morgan fingerprint density at radius 3 is 1.93 bits per heavy atom. The highest BCUT2D eigenvalue weighted by Gasteiger charge is 2.19. The molecule has 0 aromatic carbocycles. The largest absolute Gasteiger partial charge is 0.376 e. The van der Waals surface area contributed by atoms with Gasteiger partial charge in [-0.15, -0.1) is 0 Å². The molecule has 0 aliphatic rings. The molecule has 0 heterocycles. The summed E-state index contributed by atoms with van der Waals surface area (Å²) in [5.74, 6) is 0. The summed E-state index contributed by atoms with van der Waals surface area (Å²) in [5.41, 5.74) is 5.18. The molecule has 0 aromatic heterocycles. The summed E-state index contributed by atoms with van der Waals surface area (Å²) >= 11 is 0. The highest BCUT2D eigenvalue weighted by molar-refractivity contribution is 4.69. The topological polar surface area (TPSA) is 44.5 Å². The quantitative estimate of drug-likeness (QED) is 0.717. The van der Waals surface area contributed by atoms with Gasteiger partial charge >= 0.3 is 0 Å². The van der Waals surface area contributed by atoms with E-state index in [1.807, 2.05) is 0 Å². The molecule has 0 saturated heterocycles. The molecule has 14 heavy (non-hydrogen) atoms. The molecule has 0 bridgehead atoms. The fourth-order valence-corrected chi connectivity index (χ4v) is 1.01. The van der Waals surface area contributed by atoms with Crippen LogP contribution in [0.1, 0.15) is 41.0 Å². The molecule has 0 aliphatic heterocycles. The van der Waals surface area contributed by atoms with E-state index in [1.54, 1.807) is 0 Å². The van der Waals surface area contributed by atoms with E-state index >= 15 is 0 Å². The van der Waals surface area contributed by atoms with Crippen LogP contribution in [0.4, 0.5) is 0 Å². The number of nitrogens with two attached hydrogens (primary N) is 1. The monoisotopic (exact) mass is 203 g/mol. The predicted octanol–water partition coefficient (Wildman–Crippen LogP) is 1.95. The normalized spacial score (nSPS) is 13.3. The third-order valence-electron chi connectivity index (χ3n) is 1.85. The first-order valence-electron chi connectivity index (χ1n) is 5.25. The molecular weight excluding hydrogens is 178 g/mol. The summed E-state index contributed by atoms with van der Waals surface area (Å²) < 4.78 is 11.2. The molecule has 0 aromatic rings. The molecule has 0 saturated carbocycles. The van der Waals surface area contributed by atoms with Gasteiger partial charge in [-0.2, -0.15) is 0 Å². The number of hydrogen-bond acceptors (Lipinski definition) is 3. The van der Waals surface area contributed by atoms with Gasteiger partial charge in [0.1, 0.15) is 0 Å². The Morgan fingerprint density at radius 1 is 0.929 bits per heavy atom. The van der Waals surface area contributed by atoms with Crippen molar-refractivity contribution in [1.29, 1.82) is 0 Å². The predicted molar refractivity (Wildman–Crippen MR) is 59.4 cm³/mol. The lowest BCUT2D eigenvalue weighted by Crippen LogP contribution is -2.31. The van der Waals surface area contributed by atoms with Gasteiger partial charge < -0.3 is 15.2 Å². The van der Waals surface area contributed by atoms with E-state index in [4.69, 9.17) is 15.2 Å². The van der Waals surface area contributed by atoms with Crippen molar-refractivity contribution in [2.45, 2.75) is 52.2 Å². The molecule has 0 atom stereocenters. The van der Waals surface area contributed by atoms with Gasteiger partial charge in [-0.25, -0.2) is 0 Å². The van der Waals surface area contributed by atoms with E-state index in [2.05, 4.69) is 34.6 Å². The van der Waals surface area contributed by atoms with Gasteiger partial charge in [0.25, 0.3) is 0 Å². The molecule has 0 amide bonds. The van der Waals surface area contributed by atoms with E-state index in [1.165, 1.54) is 0 Å². The Hall–Kier alpha value is -0.120. The SMILES string of the molecule is CC(C)(C)OCCC(C)(C)OCCN. The van der Waals surface area contributed by atoms with Crippen LogP contribution in [0, 0.1) is 0 Å². The van der Waals surface area contributed by atoms with Crippen LogP contribution in [0.2, 0.25) is 0 Å². The summed E-state index contributed by atoms with van der Waals surface area (Å²) in [4.78, 5) is 0. The Bertz CT molecular complexity index is 150. The smallest absolute Gasteiger partial charge is 0.0649 e. The molecule has 0 radical (unpaired) electrons. The Morgan fingerprint density at radius 2 is 1.50 bits per heavy atom. The summed E-state index contributed by atoms with van der Waals surface area (Å²) in [6.45, 7) is 12.2. The van der Waals surface area contributed by atoms with Crippen molar-refractivity contribution in [3.63, 3.8) is 0 Å². The van der Waals surface area contributed by atoms with Crippen LogP contribution in [0.15, 0.2) is 0 Å². The van der Waals surface area contributed by atoms with Crippen LogP contribution in [-0.4, -0.2) is 31.0 Å². The van der Waals surface area contributed by atoms with Crippen molar-refractivity contribution in [2.75, 3.05) is 19.8 Å². The molecule has 2 N–H and O–H groups in total. The van der Waals surface area contributed by atoms with E-state index in [-0.39, 0.29) is 11.2 Å². The maximum Gasteiger partial charge on any atom is 0.0649 e. The highest BCUT2D eigenvalue weighted by atomic mass is 16.5. The fraction of sp³-hybridized carbons (Fsp3) is 1.00. The van der Waals surface area contributed by atoms with Crippen molar-refractivity contribution in [1.82, 2.24) is 0 Å². The molecular formula is C11H25NO2. The van der Waals surface area contributed by atoms with Gasteiger partial charge in [0.05, 0.1) is 17.8 Å². The highest BCUT2D eigenvalue weighted by Crippen LogP contribution is 2.16. The van der Waals surface area contributed by atoms with Crippen LogP contribution < -0.4 is 5.73 Å². The average Bonchev–Trinajstić information content (AvgIpc) is 1.98. The maximum absolute atomic E-state index is 5.63. The van der Waals surface area contributed by atoms with E-state index in [9.17, 15) is 0 Å². The van der Waals surface area contributed by atoms with Crippen LogP contribution in [0.3, 0.4) is 0 Å². The minimum atomic E-state index is -0.134. The molecule has 86 valence electrons. The molecule has 0 rings (SSSR count). The lowest BCUT2D eigenvalue weighted by molar-refractivity contribution is -0.0643. The fourth-order valence-electron chi connectivity index (χ4n) is 1.01. The second-order valence-corrected chi connectivity index (χ2v) is 5.11. The molecule has 3 heteroatoms. The van der Waals surface area contributed by atoms with E-state index < -0.39 is 0 Å². The molecule has 0 unspecified atom stereocenters. The van der Waals surface area contributed by atoms with Crippen molar-refractivity contribution >= 4 is 0 Å². The lowest BCUT2D eigenvalue weighted by Gasteiger charge is -2.27. The van der Waals surface area contributed by atoms with Gasteiger partial charge in [0.15, 0.2) is 0 Å². The van der Waals surface area contributed by atoms with Crippen LogP contribution in [0.5, 0.6) is 0 Å². The van der Waals surface area contributed by atoms with Gasteiger partial charge in [0.2, 0.25) is 0 Å². The molecule has 0 spiro atoms. The Balaban J connectivity index is 3.65. The number of hydrogen-bond donors (Lipinski definition) is 1. The Labute approximate surface area is 88.0 Å². The van der Waals surface area contributed by atoms with Gasteiger partial charge in [-0.1, -0.05) is 0 Å². The van der Waals surface area contributed by atoms with E-state index in [0.29, 0.717) is 13.2 Å². The minimum absolute atomic E-state index is 0.0655. The number of rotatable bonds is 6. The van der Waals surface area contributed by atoms with Gasteiger partial charge in [0, 0.05) is 13.2 Å². The standard InChI is InChI=1S/C11H25NO2/c1-10(2,3)13-8-6-11(4,5)14-9-7-12/h6-9,12H2,1-5H3. The van der Waals surface area contributed by atoms with Crippen LogP contribution in [-0.2, 0) is 9.47 Å². The van der Waals surface area contributed by atoms with E-state index in [0.717, 1.165) is 13.0 Å². The zero-order valence-corrected chi connectivity index (χ0v) is 10.2. The summed E-state index contributed by atoms with van der Waals surface area (Å²) in [7, 11) is 0. The summed E-state index contributed by atoms with van der Waals surface area (Å²) in [5, 5.41) is 0. The first kappa shape index (κ1) is 13.9. The lowest BCUT2D eigenvalue weighted by atomic mass is 10.1. The van der Waals surface area contributed by atoms with Crippen molar-refractivity contribution in [3.05, 3.63) is 0 Å². The number of ether oxygens (including phenoxy) is 2. The molecule has 0 fully saturated rings. The van der Waals surface area contributed by atoms with Crippen molar-refractivity contribution < 1.29 is 9.47 Å². The Kier molecular flexibility index (Phi) is 5.64. The molecule has 3 nitrogen and oxygen atoms in total. The van der Waals surface area contributed by atoms with Crippen molar-refractivity contribution in [2.24, 2.45) is 5.73 Å². The first-order chi connectivity index (χ1) is 6.27. The summed E-state index contributed by atoms with van der Waals surface area (Å²) in [6.07, 6.45) is 0.893. The van der Waals surface area contributed by atoms with Gasteiger partial charge in [-0.3, -0.25) is 0 Å². The zero-order chi connectivity index (χ0) is 11.2. The van der Waals surface area contributed by atoms with Crippen LogP contribution >= 0.6 is 0 Å². The first-order valence-corrected chi connectivity index (χ1v) is 5.25. The third kappa shape index (κ3) is 8.48. The minimum Gasteiger partial charge on any atom is -0.376 e. The maximum atomic E-state index is 5.63. The van der Waals surface area contributed by atoms with Crippen LogP contribution in [0.25, 0.3) is 0 Å².